The molecule has 0 saturated heterocycles. The summed E-state index contributed by atoms with van der Waals surface area (Å²) in [5.74, 6) is -4.04. The van der Waals surface area contributed by atoms with Gasteiger partial charge < -0.3 is 44.4 Å². The minimum absolute atomic E-state index is 0.0141. The van der Waals surface area contributed by atoms with Crippen LogP contribution >= 0.6 is 0 Å². The van der Waals surface area contributed by atoms with Crippen LogP contribution in [0.3, 0.4) is 0 Å². The predicted octanol–water partition coefficient (Wildman–Crippen LogP) is 11.9. The number of nitrogens with two attached hydrogens (primary N) is 1. The molecular formula is C72H67F5N4O16. The van der Waals surface area contributed by atoms with Crippen molar-refractivity contribution in [3.63, 3.8) is 0 Å². The highest BCUT2D eigenvalue weighted by Gasteiger charge is 2.37. The fourth-order valence-corrected chi connectivity index (χ4v) is 9.44. The fraction of sp³-hybridized carbons (Fsp3) is 0.222. The van der Waals surface area contributed by atoms with Gasteiger partial charge in [0.2, 0.25) is 0 Å². The van der Waals surface area contributed by atoms with E-state index in [-0.39, 0.29) is 144 Å². The zero-order chi connectivity index (χ0) is 70.6. The summed E-state index contributed by atoms with van der Waals surface area (Å²) in [5.41, 5.74) is 7.92. The summed E-state index contributed by atoms with van der Waals surface area (Å²) in [7, 11) is 0. The first-order valence-electron chi connectivity index (χ1n) is 30.1. The van der Waals surface area contributed by atoms with Crippen molar-refractivity contribution in [3.8, 4) is 46.0 Å². The Morgan fingerprint density at radius 2 is 0.660 bits per heavy atom. The number of rotatable bonds is 21. The van der Waals surface area contributed by atoms with Crippen molar-refractivity contribution in [1.82, 2.24) is 14.7 Å². The van der Waals surface area contributed by atoms with Crippen LogP contribution in [0.5, 0.6) is 46.0 Å². The van der Waals surface area contributed by atoms with Gasteiger partial charge in [-0.1, -0.05) is 36.4 Å². The molecule has 11 rings (SSSR count). The molecule has 0 atom stereocenters. The minimum atomic E-state index is -0.549. The summed E-state index contributed by atoms with van der Waals surface area (Å²) >= 11 is 0. The molecule has 0 fully saturated rings. The summed E-state index contributed by atoms with van der Waals surface area (Å²) in [6, 6.07) is 38.3. The van der Waals surface area contributed by atoms with Gasteiger partial charge in [0.15, 0.2) is 46.1 Å². The summed E-state index contributed by atoms with van der Waals surface area (Å²) in [5, 5.41) is 18.5. The molecule has 25 heteroatoms. The van der Waals surface area contributed by atoms with Crippen LogP contribution in [0.15, 0.2) is 164 Å². The standard InChI is InChI=1S/C19H18FNO4.C18H14FNO4.C16H12FNO4.C11H16FNO2.C8H7FO2/c1-12(2)25-16-8-7-13(20)11-17(16)24-10-9-21-18(22)14-5-3-4-6-15(14)19(21)23;1-11(21)13-7-6-12(19)10-16(13)24-9-8-20-17(22)14-4-2-3-5-15(14)18(20)23;17-10-5-6-13(19)14(9-10)22-8-7-18-15(20)11-3-1-2-4-12(11)16(18)21;1-8(2)15-10-4-3-9(12)7-11(10)14-6-5-13;1-5(10)7-3-2-6(9)4-8(7)11/h3-8,11-12H,9-10H2,1-2H3;2-7,10H,8-9H2,1H3;1-6,9,19H,7-8H2;3-4,7-8H,5-6,13H2,1-2H3;2-4,11H,1H3. The number of nitrogens with zero attached hydrogens (tertiary/aromatic N) is 3. The number of ketones is 2. The molecule has 8 aromatic carbocycles. The lowest BCUT2D eigenvalue weighted by Crippen LogP contribution is -2.33. The number of phenolic OH excluding ortho intramolecular Hbond substituents is 2. The second-order valence-corrected chi connectivity index (χ2v) is 21.6. The minimum Gasteiger partial charge on any atom is -0.507 e. The van der Waals surface area contributed by atoms with Gasteiger partial charge in [0.1, 0.15) is 67.0 Å². The molecule has 20 nitrogen and oxygen atoms in total. The number of benzene rings is 8. The molecule has 0 unspecified atom stereocenters. The number of aromatic hydroxyl groups is 2. The van der Waals surface area contributed by atoms with Crippen molar-refractivity contribution in [2.45, 2.75) is 53.8 Å². The molecule has 0 aliphatic carbocycles. The monoisotopic (exact) mass is 1340 g/mol. The molecule has 6 amide bonds. The molecule has 3 aliphatic rings. The number of imide groups is 3. The highest BCUT2D eigenvalue weighted by atomic mass is 19.1. The number of Topliss-reactive ketones (excluding diaryl/α,β-unsaturated/α-hetero) is 2. The van der Waals surface area contributed by atoms with Gasteiger partial charge in [0.25, 0.3) is 35.4 Å². The molecule has 8 aromatic rings. The third-order valence-electron chi connectivity index (χ3n) is 13.8. The highest BCUT2D eigenvalue weighted by Crippen LogP contribution is 2.32. The maximum Gasteiger partial charge on any atom is 0.261 e. The average molecular weight is 1340 g/mol. The van der Waals surface area contributed by atoms with Crippen LogP contribution in [-0.4, -0.2) is 137 Å². The van der Waals surface area contributed by atoms with Gasteiger partial charge in [-0.25, -0.2) is 22.0 Å². The molecule has 0 aromatic heterocycles. The molecule has 0 spiro atoms. The average Bonchev–Trinajstić information content (AvgIpc) is 1.67. The van der Waals surface area contributed by atoms with E-state index in [9.17, 15) is 65.4 Å². The number of ether oxygens (including phenoxy) is 6. The molecule has 3 heterocycles. The molecule has 0 bridgehead atoms. The number of fused-ring (bicyclic) bond motifs is 3. The van der Waals surface area contributed by atoms with E-state index < -0.39 is 23.3 Å². The Balaban J connectivity index is 0.000000175. The van der Waals surface area contributed by atoms with Crippen LogP contribution in [0.4, 0.5) is 22.0 Å². The molecule has 97 heavy (non-hydrogen) atoms. The summed E-state index contributed by atoms with van der Waals surface area (Å²) in [6.45, 7) is 11.0. The van der Waals surface area contributed by atoms with Crippen molar-refractivity contribution in [2.24, 2.45) is 5.73 Å². The van der Waals surface area contributed by atoms with Crippen molar-refractivity contribution in [2.75, 3.05) is 52.6 Å². The van der Waals surface area contributed by atoms with Gasteiger partial charge in [-0.2, -0.15) is 0 Å². The van der Waals surface area contributed by atoms with Gasteiger partial charge in [-0.05, 0) is 139 Å². The molecule has 506 valence electrons. The van der Waals surface area contributed by atoms with Crippen molar-refractivity contribution < 1.29 is 98.9 Å². The number of hydrogen-bond donors (Lipinski definition) is 3. The van der Waals surface area contributed by atoms with Crippen LogP contribution in [0.25, 0.3) is 0 Å². The van der Waals surface area contributed by atoms with E-state index in [2.05, 4.69) is 0 Å². The Hall–Kier alpha value is -11.5. The van der Waals surface area contributed by atoms with Crippen molar-refractivity contribution in [1.29, 1.82) is 0 Å². The second-order valence-electron chi connectivity index (χ2n) is 21.6. The zero-order valence-electron chi connectivity index (χ0n) is 53.3. The first-order chi connectivity index (χ1) is 46.3. The smallest absolute Gasteiger partial charge is 0.261 e. The lowest BCUT2D eigenvalue weighted by Gasteiger charge is -2.17. The van der Waals surface area contributed by atoms with Gasteiger partial charge in [0.05, 0.1) is 76.3 Å². The third-order valence-corrected chi connectivity index (χ3v) is 13.8. The van der Waals surface area contributed by atoms with E-state index in [4.69, 9.17) is 39.3 Å². The number of amides is 6. The van der Waals surface area contributed by atoms with Crippen molar-refractivity contribution >= 4 is 47.0 Å². The van der Waals surface area contributed by atoms with Gasteiger partial charge in [-0.3, -0.25) is 53.1 Å². The van der Waals surface area contributed by atoms with E-state index in [0.29, 0.717) is 63.8 Å². The summed E-state index contributed by atoms with van der Waals surface area (Å²) in [6.07, 6.45) is -0.0697. The largest absolute Gasteiger partial charge is 0.507 e. The SMILES string of the molecule is CC(=O)c1ccc(F)cc1O.CC(=O)c1ccc(F)cc1OCCN1C(=O)c2ccccc2C1=O.CC(C)Oc1ccc(F)cc1OCCN.CC(C)Oc1ccc(F)cc1OCCN1C(=O)c2ccccc2C1=O.O=C1c2ccccc2C(=O)N1CCOc1cc(F)ccc1O. The van der Waals surface area contributed by atoms with Crippen LogP contribution in [0.2, 0.25) is 0 Å². The Morgan fingerprint density at radius 3 is 1.00 bits per heavy atom. The van der Waals surface area contributed by atoms with Gasteiger partial charge >= 0.3 is 0 Å². The summed E-state index contributed by atoms with van der Waals surface area (Å²) in [4.78, 5) is 98.7. The summed E-state index contributed by atoms with van der Waals surface area (Å²) < 4.78 is 97.7. The molecule has 3 aliphatic heterocycles. The second kappa shape index (κ2) is 34.1. The van der Waals surface area contributed by atoms with E-state index in [0.717, 1.165) is 45.0 Å². The quantitative estimate of drug-likeness (QED) is 0.0343. The lowest BCUT2D eigenvalue weighted by atomic mass is 10.1. The molecule has 0 saturated carbocycles. The van der Waals surface area contributed by atoms with Crippen LogP contribution in [0, 0.1) is 29.1 Å². The molecule has 0 radical (unpaired) electrons. The predicted molar refractivity (Wildman–Crippen MR) is 343 cm³/mol. The van der Waals surface area contributed by atoms with Gasteiger partial charge in [0, 0.05) is 36.9 Å². The number of hydrogen-bond acceptors (Lipinski definition) is 17. The Bertz CT molecular complexity index is 4120. The molecule has 4 N–H and O–H groups in total. The van der Waals surface area contributed by atoms with E-state index >= 15 is 0 Å². The Labute approximate surface area is 554 Å². The number of carbonyl (C=O) groups is 8. The number of halogens is 5. The van der Waals surface area contributed by atoms with Crippen LogP contribution < -0.4 is 34.2 Å². The maximum atomic E-state index is 13.5. The molecular weight excluding hydrogens is 1270 g/mol. The van der Waals surface area contributed by atoms with E-state index in [1.807, 2.05) is 27.7 Å². The van der Waals surface area contributed by atoms with Crippen LogP contribution in [-0.2, 0) is 0 Å². The fourth-order valence-electron chi connectivity index (χ4n) is 9.44. The Kier molecular flexibility index (Phi) is 25.6. The Morgan fingerprint density at radius 1 is 0.371 bits per heavy atom. The topological polar surface area (TPSA) is 268 Å². The first-order valence-corrected chi connectivity index (χ1v) is 30.1. The third kappa shape index (κ3) is 19.3. The maximum absolute atomic E-state index is 13.5. The number of phenols is 2. The normalized spacial score (nSPS) is 12.5. The zero-order valence-corrected chi connectivity index (χ0v) is 53.3. The van der Waals surface area contributed by atoms with E-state index in [1.54, 1.807) is 78.9 Å². The van der Waals surface area contributed by atoms with Crippen molar-refractivity contribution in [3.05, 3.63) is 237 Å². The highest BCUT2D eigenvalue weighted by molar-refractivity contribution is 6.22. The first kappa shape index (κ1) is 72.9. The number of carbonyl (C=O) groups excluding carboxylic acids is 8. The van der Waals surface area contributed by atoms with E-state index in [1.165, 1.54) is 68.4 Å². The van der Waals surface area contributed by atoms with Crippen LogP contribution in [0.1, 0.15) is 124 Å². The van der Waals surface area contributed by atoms with Gasteiger partial charge in [-0.15, -0.1) is 0 Å². The lowest BCUT2D eigenvalue weighted by molar-refractivity contribution is 0.0616.